The van der Waals surface area contributed by atoms with Crippen molar-refractivity contribution in [1.82, 2.24) is 5.32 Å². The van der Waals surface area contributed by atoms with Crippen LogP contribution in [0.1, 0.15) is 39.0 Å². The molecule has 0 aromatic carbocycles. The molecule has 1 fully saturated rings. The zero-order valence-electron chi connectivity index (χ0n) is 10.3. The Hall–Kier alpha value is -1.10. The zero-order valence-corrected chi connectivity index (χ0v) is 10.3. The van der Waals surface area contributed by atoms with E-state index in [4.69, 9.17) is 9.84 Å². The van der Waals surface area contributed by atoms with Crippen LogP contribution in [0.15, 0.2) is 0 Å². The molecule has 0 bridgehead atoms. The second-order valence-corrected chi connectivity index (χ2v) is 4.64. The van der Waals surface area contributed by atoms with Gasteiger partial charge < -0.3 is 15.2 Å². The summed E-state index contributed by atoms with van der Waals surface area (Å²) in [7, 11) is 0. The second-order valence-electron chi connectivity index (χ2n) is 4.64. The van der Waals surface area contributed by atoms with Crippen LogP contribution in [0, 0.1) is 5.92 Å². The normalized spacial score (nSPS) is 21.8. The highest BCUT2D eigenvalue weighted by Gasteiger charge is 2.21. The van der Waals surface area contributed by atoms with Gasteiger partial charge in [-0.05, 0) is 31.6 Å². The first-order chi connectivity index (χ1) is 8.09. The van der Waals surface area contributed by atoms with Gasteiger partial charge in [-0.15, -0.1) is 0 Å². The lowest BCUT2D eigenvalue weighted by Gasteiger charge is -2.22. The highest BCUT2D eigenvalue weighted by atomic mass is 16.5. The number of hydrogen-bond donors (Lipinski definition) is 2. The van der Waals surface area contributed by atoms with Crippen LogP contribution in [0.25, 0.3) is 0 Å². The lowest BCUT2D eigenvalue weighted by atomic mass is 10.0. The number of amides is 1. The van der Waals surface area contributed by atoms with Crippen LogP contribution in [-0.2, 0) is 14.3 Å². The minimum Gasteiger partial charge on any atom is -0.481 e. The van der Waals surface area contributed by atoms with Gasteiger partial charge in [0.1, 0.15) is 6.10 Å². The summed E-state index contributed by atoms with van der Waals surface area (Å²) in [5.74, 6) is -0.677. The summed E-state index contributed by atoms with van der Waals surface area (Å²) in [6, 6.07) is 0. The molecule has 0 aromatic rings. The summed E-state index contributed by atoms with van der Waals surface area (Å²) in [4.78, 5) is 22.1. The van der Waals surface area contributed by atoms with E-state index in [0.717, 1.165) is 19.3 Å². The number of nitrogens with one attached hydrogen (secondary N) is 1. The Morgan fingerprint density at radius 1 is 1.47 bits per heavy atom. The van der Waals surface area contributed by atoms with Crippen molar-refractivity contribution >= 4 is 11.9 Å². The predicted molar refractivity (Wildman–Crippen MR) is 62.6 cm³/mol. The molecule has 0 radical (unpaired) electrons. The van der Waals surface area contributed by atoms with E-state index in [2.05, 4.69) is 5.32 Å². The topological polar surface area (TPSA) is 75.6 Å². The first-order valence-electron chi connectivity index (χ1n) is 6.20. The third-order valence-corrected chi connectivity index (χ3v) is 2.95. The molecule has 1 aliphatic heterocycles. The van der Waals surface area contributed by atoms with Gasteiger partial charge in [0.05, 0.1) is 0 Å². The van der Waals surface area contributed by atoms with Crippen molar-refractivity contribution < 1.29 is 19.4 Å². The molecule has 0 saturated carbocycles. The maximum Gasteiger partial charge on any atom is 0.303 e. The molecule has 2 atom stereocenters. The average Bonchev–Trinajstić information content (AvgIpc) is 2.34. The highest BCUT2D eigenvalue weighted by Crippen LogP contribution is 2.13. The maximum atomic E-state index is 11.7. The summed E-state index contributed by atoms with van der Waals surface area (Å²) in [6.45, 7) is 3.11. The fourth-order valence-electron chi connectivity index (χ4n) is 1.81. The van der Waals surface area contributed by atoms with Crippen molar-refractivity contribution in [3.05, 3.63) is 0 Å². The third-order valence-electron chi connectivity index (χ3n) is 2.95. The number of carboxylic acid groups (broad SMARTS) is 1. The molecule has 98 valence electrons. The molecule has 0 aromatic heterocycles. The van der Waals surface area contributed by atoms with E-state index in [1.165, 1.54) is 0 Å². The van der Waals surface area contributed by atoms with Crippen LogP contribution >= 0.6 is 0 Å². The number of carboxylic acids is 1. The Labute approximate surface area is 102 Å². The molecule has 1 rings (SSSR count). The van der Waals surface area contributed by atoms with E-state index < -0.39 is 5.97 Å². The van der Waals surface area contributed by atoms with E-state index in [9.17, 15) is 9.59 Å². The SMILES string of the molecule is CC(CCC(=O)O)CNC(=O)C1CCCCO1. The highest BCUT2D eigenvalue weighted by molar-refractivity contribution is 5.80. The van der Waals surface area contributed by atoms with Crippen LogP contribution in [0.3, 0.4) is 0 Å². The predicted octanol–water partition coefficient (Wildman–Crippen LogP) is 1.17. The van der Waals surface area contributed by atoms with Crippen LogP contribution in [0.2, 0.25) is 0 Å². The minimum absolute atomic E-state index is 0.0631. The van der Waals surface area contributed by atoms with Gasteiger partial charge >= 0.3 is 5.97 Å². The summed E-state index contributed by atoms with van der Waals surface area (Å²) in [6.07, 6.45) is 3.27. The van der Waals surface area contributed by atoms with Crippen LogP contribution in [0.5, 0.6) is 0 Å². The Bertz CT molecular complexity index is 261. The van der Waals surface area contributed by atoms with Gasteiger partial charge in [-0.25, -0.2) is 0 Å². The Kier molecular flexibility index (Phi) is 5.97. The fourth-order valence-corrected chi connectivity index (χ4v) is 1.81. The maximum absolute atomic E-state index is 11.7. The molecule has 17 heavy (non-hydrogen) atoms. The van der Waals surface area contributed by atoms with Crippen LogP contribution < -0.4 is 5.32 Å². The summed E-state index contributed by atoms with van der Waals surface area (Å²) in [5, 5.41) is 11.4. The second kappa shape index (κ2) is 7.27. The molecule has 1 heterocycles. The molecule has 0 spiro atoms. The van der Waals surface area contributed by atoms with E-state index in [-0.39, 0.29) is 24.3 Å². The van der Waals surface area contributed by atoms with Gasteiger partial charge in [-0.1, -0.05) is 6.92 Å². The van der Waals surface area contributed by atoms with E-state index in [0.29, 0.717) is 19.6 Å². The number of carbonyl (C=O) groups is 2. The van der Waals surface area contributed by atoms with Crippen LogP contribution in [-0.4, -0.2) is 36.2 Å². The largest absolute Gasteiger partial charge is 0.481 e. The van der Waals surface area contributed by atoms with E-state index in [1.54, 1.807) is 0 Å². The van der Waals surface area contributed by atoms with E-state index >= 15 is 0 Å². The molecular formula is C12H21NO4. The van der Waals surface area contributed by atoms with Crippen molar-refractivity contribution in [2.75, 3.05) is 13.2 Å². The molecule has 1 aliphatic rings. The van der Waals surface area contributed by atoms with Gasteiger partial charge in [0.25, 0.3) is 0 Å². The third kappa shape index (κ3) is 5.68. The molecule has 0 aliphatic carbocycles. The van der Waals surface area contributed by atoms with Gasteiger partial charge in [0.15, 0.2) is 0 Å². The smallest absolute Gasteiger partial charge is 0.303 e. The van der Waals surface area contributed by atoms with Crippen molar-refractivity contribution in [1.29, 1.82) is 0 Å². The Morgan fingerprint density at radius 3 is 2.82 bits per heavy atom. The zero-order chi connectivity index (χ0) is 12.7. The first kappa shape index (κ1) is 14.0. The molecule has 1 saturated heterocycles. The summed E-state index contributed by atoms with van der Waals surface area (Å²) in [5.41, 5.74) is 0. The fraction of sp³-hybridized carbons (Fsp3) is 0.833. The van der Waals surface area contributed by atoms with Gasteiger partial charge in [0.2, 0.25) is 5.91 Å². The standard InChI is InChI=1S/C12H21NO4/c1-9(5-6-11(14)15)8-13-12(16)10-4-2-3-7-17-10/h9-10H,2-8H2,1H3,(H,13,16)(H,14,15). The molecule has 2 N–H and O–H groups in total. The van der Waals surface area contributed by atoms with Gasteiger partial charge in [-0.2, -0.15) is 0 Å². The first-order valence-corrected chi connectivity index (χ1v) is 6.20. The molecular weight excluding hydrogens is 222 g/mol. The van der Waals surface area contributed by atoms with Crippen molar-refractivity contribution in [2.24, 2.45) is 5.92 Å². The van der Waals surface area contributed by atoms with Gasteiger partial charge in [0, 0.05) is 19.6 Å². The molecule has 1 amide bonds. The lowest BCUT2D eigenvalue weighted by Crippen LogP contribution is -2.40. The van der Waals surface area contributed by atoms with Gasteiger partial charge in [-0.3, -0.25) is 9.59 Å². The Balaban J connectivity index is 2.15. The molecule has 5 heteroatoms. The molecule has 2 unspecified atom stereocenters. The quantitative estimate of drug-likeness (QED) is 0.734. The van der Waals surface area contributed by atoms with Crippen LogP contribution in [0.4, 0.5) is 0 Å². The number of carbonyl (C=O) groups excluding carboxylic acids is 1. The summed E-state index contributed by atoms with van der Waals surface area (Å²) < 4.78 is 5.36. The monoisotopic (exact) mass is 243 g/mol. The van der Waals surface area contributed by atoms with E-state index in [1.807, 2.05) is 6.92 Å². The van der Waals surface area contributed by atoms with Crippen molar-refractivity contribution in [3.8, 4) is 0 Å². The summed E-state index contributed by atoms with van der Waals surface area (Å²) >= 11 is 0. The minimum atomic E-state index is -0.793. The number of aliphatic carboxylic acids is 1. The Morgan fingerprint density at radius 2 is 2.24 bits per heavy atom. The number of rotatable bonds is 6. The van der Waals surface area contributed by atoms with Crippen molar-refractivity contribution in [2.45, 2.75) is 45.1 Å². The van der Waals surface area contributed by atoms with Crippen molar-refractivity contribution in [3.63, 3.8) is 0 Å². The number of ether oxygens (including phenoxy) is 1. The average molecular weight is 243 g/mol. The molecule has 5 nitrogen and oxygen atoms in total. The lowest BCUT2D eigenvalue weighted by molar-refractivity contribution is -0.137. The number of hydrogen-bond acceptors (Lipinski definition) is 3.